The molecular weight excluding hydrogens is 466 g/mol. The van der Waals surface area contributed by atoms with Gasteiger partial charge in [0, 0.05) is 17.4 Å². The Balaban J connectivity index is 1.50. The molecule has 4 rings (SSSR count). The molecule has 1 amide bonds. The molecule has 0 radical (unpaired) electrons. The van der Waals surface area contributed by atoms with Crippen LogP contribution in [0.25, 0.3) is 0 Å². The number of esters is 1. The average Bonchev–Trinajstić information content (AvgIpc) is 3.44. The first-order chi connectivity index (χ1) is 16.9. The monoisotopic (exact) mass is 501 g/mol. The second-order valence-corrected chi connectivity index (χ2v) is 10.2. The number of ether oxygens (including phenoxy) is 1. The summed E-state index contributed by atoms with van der Waals surface area (Å²) in [6.07, 6.45) is 17.0. The molecule has 1 aromatic heterocycles. The van der Waals surface area contributed by atoms with Gasteiger partial charge in [0.15, 0.2) is 0 Å². The minimum Gasteiger partial charge on any atom is -0.465 e. The Morgan fingerprint density at radius 1 is 1.14 bits per heavy atom. The third-order valence-electron chi connectivity index (χ3n) is 7.55. The largest absolute Gasteiger partial charge is 0.465 e. The summed E-state index contributed by atoms with van der Waals surface area (Å²) in [6, 6.07) is 2.77. The molecule has 2 unspecified atom stereocenters. The van der Waals surface area contributed by atoms with E-state index in [1.54, 1.807) is 19.1 Å². The molecule has 8 nitrogen and oxygen atoms in total. The Morgan fingerprint density at radius 3 is 2.46 bits per heavy atom. The zero-order valence-corrected chi connectivity index (χ0v) is 21.4. The molecule has 1 saturated heterocycles. The molecule has 2 aliphatic rings. The van der Waals surface area contributed by atoms with Crippen molar-refractivity contribution in [2.75, 3.05) is 12.4 Å². The Hall–Kier alpha value is -2.42. The third kappa shape index (κ3) is 5.71. The lowest BCUT2D eigenvalue weighted by molar-refractivity contribution is -0.120. The molecule has 1 saturated carbocycles. The molecule has 1 aromatic carbocycles. The number of nitrogens with one attached hydrogen (secondary N) is 3. The third-order valence-corrected chi connectivity index (χ3v) is 7.96. The zero-order valence-electron chi connectivity index (χ0n) is 20.6. The number of aryl methyl sites for hydroxylation is 1. The summed E-state index contributed by atoms with van der Waals surface area (Å²) in [6.45, 7) is 1.81. The van der Waals surface area contributed by atoms with Crippen LogP contribution in [0.3, 0.4) is 0 Å². The predicted octanol–water partition coefficient (Wildman–Crippen LogP) is 4.93. The summed E-state index contributed by atoms with van der Waals surface area (Å²) in [4.78, 5) is 29.8. The number of halogens is 1. The van der Waals surface area contributed by atoms with Crippen LogP contribution in [-0.4, -0.2) is 34.6 Å². The second kappa shape index (κ2) is 11.5. The summed E-state index contributed by atoms with van der Waals surface area (Å²) < 4.78 is 7.07. The van der Waals surface area contributed by atoms with Crippen LogP contribution in [0.1, 0.15) is 80.1 Å². The van der Waals surface area contributed by atoms with Gasteiger partial charge in [0.05, 0.1) is 24.7 Å². The van der Waals surface area contributed by atoms with Crippen LogP contribution in [0, 0.1) is 12.8 Å². The van der Waals surface area contributed by atoms with Gasteiger partial charge in [-0.1, -0.05) is 50.1 Å². The van der Waals surface area contributed by atoms with Gasteiger partial charge >= 0.3 is 5.97 Å². The van der Waals surface area contributed by atoms with Gasteiger partial charge in [-0.05, 0) is 56.2 Å². The van der Waals surface area contributed by atoms with Crippen molar-refractivity contribution in [2.45, 2.75) is 82.8 Å². The fourth-order valence-corrected chi connectivity index (χ4v) is 5.67. The fraction of sp³-hybridized carbons (Fsp3) is 0.577. The molecule has 1 aliphatic carbocycles. The van der Waals surface area contributed by atoms with Crippen LogP contribution < -0.4 is 16.2 Å². The maximum absolute atomic E-state index is 13.2. The highest BCUT2D eigenvalue weighted by molar-refractivity contribution is 6.32. The topological polar surface area (TPSA) is 97.3 Å². The van der Waals surface area contributed by atoms with Crippen LogP contribution in [-0.2, 0) is 15.2 Å². The average molecular weight is 502 g/mol. The number of hydrogen-bond donors (Lipinski definition) is 3. The van der Waals surface area contributed by atoms with Crippen LogP contribution >= 0.6 is 11.6 Å². The van der Waals surface area contributed by atoms with Crippen molar-refractivity contribution in [2.24, 2.45) is 5.92 Å². The lowest BCUT2D eigenvalue weighted by Gasteiger charge is -2.47. The molecule has 35 heavy (non-hydrogen) atoms. The summed E-state index contributed by atoms with van der Waals surface area (Å²) >= 11 is 6.28. The number of carbonyl (C=O) groups is 2. The van der Waals surface area contributed by atoms with Gasteiger partial charge < -0.3 is 14.6 Å². The molecule has 9 heteroatoms. The molecule has 0 spiro atoms. The summed E-state index contributed by atoms with van der Waals surface area (Å²) in [5, 5.41) is 3.36. The molecule has 2 fully saturated rings. The van der Waals surface area contributed by atoms with Crippen LogP contribution in [0.2, 0.25) is 5.02 Å². The number of methoxy groups -OCH3 is 1. The van der Waals surface area contributed by atoms with E-state index < -0.39 is 12.0 Å². The maximum Gasteiger partial charge on any atom is 0.339 e. The van der Waals surface area contributed by atoms with E-state index in [1.807, 2.05) is 18.7 Å². The standard InChI is InChI=1S/C26H36ClN5O3/c1-18-15-20(25(34)35-2)23(16-21(18)27)29-24(33)22-11-12-26(31-30-22,32-14-13-28-17-32)19-9-7-5-3-4-6-8-10-19/h13-17,19,22,30-31H,3-12H2,1-2H3,(H,29,33). The van der Waals surface area contributed by atoms with Gasteiger partial charge in [0.1, 0.15) is 11.7 Å². The van der Waals surface area contributed by atoms with E-state index in [1.165, 1.54) is 45.6 Å². The van der Waals surface area contributed by atoms with E-state index in [2.05, 4.69) is 25.7 Å². The van der Waals surface area contributed by atoms with Crippen molar-refractivity contribution >= 4 is 29.2 Å². The summed E-state index contributed by atoms with van der Waals surface area (Å²) in [7, 11) is 1.32. The first kappa shape index (κ1) is 25.7. The number of benzene rings is 1. The van der Waals surface area contributed by atoms with Crippen molar-refractivity contribution in [3.63, 3.8) is 0 Å². The Morgan fingerprint density at radius 2 is 1.86 bits per heavy atom. The van der Waals surface area contributed by atoms with Gasteiger partial charge in [-0.25, -0.2) is 20.6 Å². The van der Waals surface area contributed by atoms with Crippen LogP contribution in [0.4, 0.5) is 5.69 Å². The van der Waals surface area contributed by atoms with Gasteiger partial charge in [-0.3, -0.25) is 4.79 Å². The zero-order chi connectivity index (χ0) is 24.8. The number of hydrazine groups is 1. The highest BCUT2D eigenvalue weighted by Crippen LogP contribution is 2.39. The summed E-state index contributed by atoms with van der Waals surface area (Å²) in [5.41, 5.74) is 7.89. The Labute approximate surface area is 212 Å². The highest BCUT2D eigenvalue weighted by atomic mass is 35.5. The molecule has 2 atom stereocenters. The predicted molar refractivity (Wildman–Crippen MR) is 136 cm³/mol. The lowest BCUT2D eigenvalue weighted by Crippen LogP contribution is -2.65. The fourth-order valence-electron chi connectivity index (χ4n) is 5.51. The number of aromatic nitrogens is 2. The number of amides is 1. The van der Waals surface area contributed by atoms with Gasteiger partial charge in [-0.2, -0.15) is 0 Å². The van der Waals surface area contributed by atoms with E-state index >= 15 is 0 Å². The molecule has 2 heterocycles. The summed E-state index contributed by atoms with van der Waals surface area (Å²) in [5.74, 6) is -0.307. The molecular formula is C26H36ClN5O3. The van der Waals surface area contributed by atoms with Crippen LogP contribution in [0.15, 0.2) is 30.9 Å². The SMILES string of the molecule is COC(=O)c1cc(C)c(Cl)cc1NC(=O)C1CCC(C2CCCCCCCC2)(n2ccnc2)NN1. The number of nitrogens with zero attached hydrogens (tertiary/aromatic N) is 2. The maximum atomic E-state index is 13.2. The lowest BCUT2D eigenvalue weighted by atomic mass is 9.79. The van der Waals surface area contributed by atoms with Crippen molar-refractivity contribution in [1.82, 2.24) is 20.4 Å². The number of hydrogen-bond acceptors (Lipinski definition) is 6. The number of anilines is 1. The molecule has 2 aromatic rings. The van der Waals surface area contributed by atoms with Crippen molar-refractivity contribution in [3.8, 4) is 0 Å². The van der Waals surface area contributed by atoms with E-state index in [0.717, 1.165) is 24.8 Å². The van der Waals surface area contributed by atoms with Crippen molar-refractivity contribution in [1.29, 1.82) is 0 Å². The first-order valence-corrected chi connectivity index (χ1v) is 13.0. The second-order valence-electron chi connectivity index (χ2n) is 9.78. The Bertz CT molecular complexity index is 1010. The quantitative estimate of drug-likeness (QED) is 0.502. The minimum absolute atomic E-state index is 0.226. The van der Waals surface area contributed by atoms with Crippen molar-refractivity contribution < 1.29 is 14.3 Å². The molecule has 1 aliphatic heterocycles. The van der Waals surface area contributed by atoms with E-state index in [0.29, 0.717) is 23.0 Å². The number of carbonyl (C=O) groups excluding carboxylic acids is 2. The Kier molecular flexibility index (Phi) is 8.46. The smallest absolute Gasteiger partial charge is 0.339 e. The normalized spacial score (nSPS) is 24.1. The van der Waals surface area contributed by atoms with E-state index in [-0.39, 0.29) is 17.1 Å². The molecule has 3 N–H and O–H groups in total. The number of imidazole rings is 1. The van der Waals surface area contributed by atoms with E-state index in [9.17, 15) is 9.59 Å². The number of rotatable bonds is 5. The van der Waals surface area contributed by atoms with Gasteiger partial charge in [0.2, 0.25) is 5.91 Å². The first-order valence-electron chi connectivity index (χ1n) is 12.6. The minimum atomic E-state index is -0.519. The van der Waals surface area contributed by atoms with Gasteiger partial charge in [0.25, 0.3) is 0 Å². The highest BCUT2D eigenvalue weighted by Gasteiger charge is 2.44. The van der Waals surface area contributed by atoms with Crippen molar-refractivity contribution in [3.05, 3.63) is 47.0 Å². The van der Waals surface area contributed by atoms with Crippen LogP contribution in [0.5, 0.6) is 0 Å². The van der Waals surface area contributed by atoms with E-state index in [4.69, 9.17) is 16.3 Å². The molecule has 190 valence electrons. The van der Waals surface area contributed by atoms with Gasteiger partial charge in [-0.15, -0.1) is 0 Å². The molecule has 0 bridgehead atoms.